The highest BCUT2D eigenvalue weighted by Crippen LogP contribution is 2.44. The maximum atomic E-state index is 11.9. The zero-order valence-electron chi connectivity index (χ0n) is 12.5. The molecule has 5 nitrogen and oxygen atoms in total. The number of aliphatic carboxylic acids is 1. The Morgan fingerprint density at radius 2 is 1.89 bits per heavy atom. The first-order valence-electron chi connectivity index (χ1n) is 6.73. The van der Waals surface area contributed by atoms with Crippen LogP contribution in [-0.4, -0.2) is 40.8 Å². The Morgan fingerprint density at radius 3 is 2.21 bits per heavy atom. The van der Waals surface area contributed by atoms with Crippen LogP contribution in [0.15, 0.2) is 0 Å². The zero-order chi connectivity index (χ0) is 14.8. The van der Waals surface area contributed by atoms with Gasteiger partial charge in [-0.05, 0) is 45.4 Å². The number of carboxylic acids is 1. The van der Waals surface area contributed by atoms with Crippen molar-refractivity contribution in [3.05, 3.63) is 0 Å². The lowest BCUT2D eigenvalue weighted by Crippen LogP contribution is -2.48. The van der Waals surface area contributed by atoms with Gasteiger partial charge in [0.1, 0.15) is 11.6 Å². The SMILES string of the molecule is CN(C(=O)OC(C)(C)C)[C@@H](CC1(C)CCC1)C(=O)O. The third-order valence-corrected chi connectivity index (χ3v) is 3.68. The van der Waals surface area contributed by atoms with Crippen LogP contribution in [0.5, 0.6) is 0 Å². The van der Waals surface area contributed by atoms with Crippen LogP contribution in [0.25, 0.3) is 0 Å². The minimum absolute atomic E-state index is 0.0410. The van der Waals surface area contributed by atoms with Crippen molar-refractivity contribution in [1.82, 2.24) is 4.90 Å². The summed E-state index contributed by atoms with van der Waals surface area (Å²) in [5.41, 5.74) is -0.575. The molecule has 1 amide bonds. The van der Waals surface area contributed by atoms with Crippen LogP contribution < -0.4 is 0 Å². The van der Waals surface area contributed by atoms with E-state index in [1.807, 2.05) is 0 Å². The number of carbonyl (C=O) groups excluding carboxylic acids is 1. The third kappa shape index (κ3) is 4.40. The number of amides is 1. The molecule has 0 bridgehead atoms. The van der Waals surface area contributed by atoms with Crippen LogP contribution in [0.2, 0.25) is 0 Å². The second-order valence-electron chi connectivity index (χ2n) is 6.81. The molecule has 1 aliphatic carbocycles. The summed E-state index contributed by atoms with van der Waals surface area (Å²) in [5, 5.41) is 9.32. The molecule has 0 saturated heterocycles. The van der Waals surface area contributed by atoms with Crippen molar-refractivity contribution in [2.75, 3.05) is 7.05 Å². The fourth-order valence-electron chi connectivity index (χ4n) is 2.30. The smallest absolute Gasteiger partial charge is 0.410 e. The van der Waals surface area contributed by atoms with E-state index >= 15 is 0 Å². The molecule has 0 radical (unpaired) electrons. The van der Waals surface area contributed by atoms with Gasteiger partial charge in [0.25, 0.3) is 0 Å². The predicted octanol–water partition coefficient (Wildman–Crippen LogP) is 2.89. The molecule has 19 heavy (non-hydrogen) atoms. The van der Waals surface area contributed by atoms with Gasteiger partial charge in [0.05, 0.1) is 0 Å². The Balaban J connectivity index is 2.70. The summed E-state index contributed by atoms with van der Waals surface area (Å²) in [5.74, 6) is -0.971. The predicted molar refractivity (Wildman–Crippen MR) is 72.0 cm³/mol. The highest BCUT2D eigenvalue weighted by molar-refractivity contribution is 5.80. The zero-order valence-corrected chi connectivity index (χ0v) is 12.5. The fourth-order valence-corrected chi connectivity index (χ4v) is 2.30. The van der Waals surface area contributed by atoms with E-state index in [-0.39, 0.29) is 5.41 Å². The lowest BCUT2D eigenvalue weighted by Gasteiger charge is -2.41. The first-order chi connectivity index (χ1) is 8.54. The summed E-state index contributed by atoms with van der Waals surface area (Å²) < 4.78 is 5.22. The van der Waals surface area contributed by atoms with Crippen LogP contribution in [0.3, 0.4) is 0 Å². The molecule has 1 aliphatic rings. The van der Waals surface area contributed by atoms with E-state index in [0.29, 0.717) is 6.42 Å². The van der Waals surface area contributed by atoms with Gasteiger partial charge < -0.3 is 9.84 Å². The number of carboxylic acid groups (broad SMARTS) is 1. The van der Waals surface area contributed by atoms with E-state index in [9.17, 15) is 14.7 Å². The summed E-state index contributed by atoms with van der Waals surface area (Å²) >= 11 is 0. The standard InChI is InChI=1S/C14H25NO4/c1-13(2,3)19-12(18)15(5)10(11(16)17)9-14(4)7-6-8-14/h10H,6-9H2,1-5H3,(H,16,17)/t10-/m0/s1. The molecular weight excluding hydrogens is 246 g/mol. The molecule has 1 rings (SSSR count). The van der Waals surface area contributed by atoms with E-state index < -0.39 is 23.7 Å². The maximum absolute atomic E-state index is 11.9. The highest BCUT2D eigenvalue weighted by atomic mass is 16.6. The molecular formula is C14H25NO4. The van der Waals surface area contributed by atoms with Crippen molar-refractivity contribution in [3.63, 3.8) is 0 Å². The summed E-state index contributed by atoms with van der Waals surface area (Å²) in [4.78, 5) is 24.5. The van der Waals surface area contributed by atoms with Gasteiger partial charge in [-0.25, -0.2) is 9.59 Å². The number of hydrogen-bond acceptors (Lipinski definition) is 3. The lowest BCUT2D eigenvalue weighted by atomic mass is 9.67. The first-order valence-corrected chi connectivity index (χ1v) is 6.73. The van der Waals surface area contributed by atoms with Crippen LogP contribution in [0, 0.1) is 5.41 Å². The summed E-state index contributed by atoms with van der Waals surface area (Å²) in [6.45, 7) is 7.38. The molecule has 0 aromatic carbocycles. The molecule has 1 fully saturated rings. The van der Waals surface area contributed by atoms with Crippen molar-refractivity contribution in [2.24, 2.45) is 5.41 Å². The van der Waals surface area contributed by atoms with Crippen LogP contribution >= 0.6 is 0 Å². The fraction of sp³-hybridized carbons (Fsp3) is 0.857. The van der Waals surface area contributed by atoms with Crippen LogP contribution in [-0.2, 0) is 9.53 Å². The van der Waals surface area contributed by atoms with Gasteiger partial charge in [0.2, 0.25) is 0 Å². The minimum Gasteiger partial charge on any atom is -0.480 e. The van der Waals surface area contributed by atoms with Crippen molar-refractivity contribution in [3.8, 4) is 0 Å². The summed E-state index contributed by atoms with van der Waals surface area (Å²) in [6, 6.07) is -0.819. The molecule has 1 atom stereocenters. The highest BCUT2D eigenvalue weighted by Gasteiger charge is 2.40. The van der Waals surface area contributed by atoms with Gasteiger partial charge in [-0.1, -0.05) is 13.3 Å². The number of ether oxygens (including phenoxy) is 1. The van der Waals surface area contributed by atoms with Gasteiger partial charge in [0, 0.05) is 7.05 Å². The average Bonchev–Trinajstić information content (AvgIpc) is 2.19. The number of rotatable bonds is 4. The van der Waals surface area contributed by atoms with E-state index in [0.717, 1.165) is 19.3 Å². The topological polar surface area (TPSA) is 66.8 Å². The van der Waals surface area contributed by atoms with E-state index in [1.165, 1.54) is 11.9 Å². The Hall–Kier alpha value is -1.26. The van der Waals surface area contributed by atoms with Crippen LogP contribution in [0.1, 0.15) is 53.4 Å². The molecule has 0 spiro atoms. The van der Waals surface area contributed by atoms with Gasteiger partial charge in [-0.15, -0.1) is 0 Å². The summed E-state index contributed by atoms with van der Waals surface area (Å²) in [6.07, 6.45) is 3.09. The second-order valence-corrected chi connectivity index (χ2v) is 6.81. The van der Waals surface area contributed by atoms with Gasteiger partial charge in [-0.3, -0.25) is 4.90 Å². The lowest BCUT2D eigenvalue weighted by molar-refractivity contribution is -0.144. The average molecular weight is 271 g/mol. The molecule has 0 aliphatic heterocycles. The number of hydrogen-bond donors (Lipinski definition) is 1. The Labute approximate surface area is 114 Å². The van der Waals surface area contributed by atoms with Gasteiger partial charge in [0.15, 0.2) is 0 Å². The van der Waals surface area contributed by atoms with Gasteiger partial charge in [-0.2, -0.15) is 0 Å². The third-order valence-electron chi connectivity index (χ3n) is 3.68. The Kier molecular flexibility index (Phi) is 4.48. The normalized spacial score (nSPS) is 19.2. The van der Waals surface area contributed by atoms with Gasteiger partial charge >= 0.3 is 12.1 Å². The monoisotopic (exact) mass is 271 g/mol. The molecule has 1 saturated carbocycles. The molecule has 0 unspecified atom stereocenters. The number of nitrogens with zero attached hydrogens (tertiary/aromatic N) is 1. The molecule has 5 heteroatoms. The molecule has 110 valence electrons. The maximum Gasteiger partial charge on any atom is 0.410 e. The summed E-state index contributed by atoms with van der Waals surface area (Å²) in [7, 11) is 1.49. The molecule has 1 N–H and O–H groups in total. The van der Waals surface area contributed by atoms with Crippen molar-refractivity contribution in [1.29, 1.82) is 0 Å². The van der Waals surface area contributed by atoms with Crippen molar-refractivity contribution in [2.45, 2.75) is 65.0 Å². The molecule has 0 aromatic rings. The van der Waals surface area contributed by atoms with E-state index in [4.69, 9.17) is 4.74 Å². The van der Waals surface area contributed by atoms with Crippen molar-refractivity contribution >= 4 is 12.1 Å². The minimum atomic E-state index is -0.971. The van der Waals surface area contributed by atoms with Crippen molar-refractivity contribution < 1.29 is 19.4 Å². The van der Waals surface area contributed by atoms with Crippen LogP contribution in [0.4, 0.5) is 4.79 Å². The Morgan fingerprint density at radius 1 is 1.37 bits per heavy atom. The first kappa shape index (κ1) is 15.8. The molecule has 0 heterocycles. The second kappa shape index (κ2) is 5.39. The number of carbonyl (C=O) groups is 2. The number of likely N-dealkylation sites (N-methyl/N-ethyl adjacent to an activating group) is 1. The van der Waals surface area contributed by atoms with E-state index in [1.54, 1.807) is 20.8 Å². The molecule has 0 aromatic heterocycles. The Bertz CT molecular complexity index is 355. The largest absolute Gasteiger partial charge is 0.480 e. The van der Waals surface area contributed by atoms with E-state index in [2.05, 4.69) is 6.92 Å². The quantitative estimate of drug-likeness (QED) is 0.853.